The SMILES string of the molecule is CC1CCCn2cc(CC3CCCCO3)nc21. The molecular formula is C14H22N2O. The molecule has 2 atom stereocenters. The summed E-state index contributed by atoms with van der Waals surface area (Å²) in [5, 5.41) is 0. The molecule has 0 N–H and O–H groups in total. The number of fused-ring (bicyclic) bond motifs is 1. The summed E-state index contributed by atoms with van der Waals surface area (Å²) in [5.74, 6) is 1.92. The summed E-state index contributed by atoms with van der Waals surface area (Å²) in [4.78, 5) is 4.81. The number of rotatable bonds is 2. The molecule has 1 aromatic heterocycles. The predicted octanol–water partition coefficient (Wildman–Crippen LogP) is 2.89. The van der Waals surface area contributed by atoms with E-state index in [9.17, 15) is 0 Å². The van der Waals surface area contributed by atoms with Crippen molar-refractivity contribution in [3.05, 3.63) is 17.7 Å². The van der Waals surface area contributed by atoms with Crippen molar-refractivity contribution in [1.29, 1.82) is 0 Å². The van der Waals surface area contributed by atoms with Crippen LogP contribution < -0.4 is 0 Å². The summed E-state index contributed by atoms with van der Waals surface area (Å²) < 4.78 is 8.14. The second-order valence-corrected chi connectivity index (χ2v) is 5.52. The minimum atomic E-state index is 0.413. The molecule has 3 heteroatoms. The summed E-state index contributed by atoms with van der Waals surface area (Å²) in [6.45, 7) is 4.38. The van der Waals surface area contributed by atoms with Gasteiger partial charge in [-0.2, -0.15) is 0 Å². The predicted molar refractivity (Wildman–Crippen MR) is 67.2 cm³/mol. The lowest BCUT2D eigenvalue weighted by Crippen LogP contribution is -2.21. The summed E-state index contributed by atoms with van der Waals surface area (Å²) in [5.41, 5.74) is 1.24. The summed E-state index contributed by atoms with van der Waals surface area (Å²) in [6.07, 6.45) is 10.0. The van der Waals surface area contributed by atoms with Crippen molar-refractivity contribution in [2.24, 2.45) is 0 Å². The Bertz CT molecular complexity index is 380. The van der Waals surface area contributed by atoms with Crippen LogP contribution in [-0.2, 0) is 17.7 Å². The number of nitrogens with zero attached hydrogens (tertiary/aromatic N) is 2. The maximum absolute atomic E-state index is 5.79. The first-order chi connectivity index (χ1) is 8.33. The number of hydrogen-bond donors (Lipinski definition) is 0. The van der Waals surface area contributed by atoms with Gasteiger partial charge in [0.1, 0.15) is 5.82 Å². The molecule has 0 spiro atoms. The Morgan fingerprint density at radius 1 is 1.35 bits per heavy atom. The normalized spacial score (nSPS) is 29.0. The van der Waals surface area contributed by atoms with Crippen molar-refractivity contribution >= 4 is 0 Å². The molecule has 0 aromatic carbocycles. The molecule has 1 saturated heterocycles. The molecule has 0 aliphatic carbocycles. The van der Waals surface area contributed by atoms with Crippen molar-refractivity contribution < 1.29 is 4.74 Å². The van der Waals surface area contributed by atoms with Crippen LogP contribution in [0.4, 0.5) is 0 Å². The average Bonchev–Trinajstić information content (AvgIpc) is 2.74. The highest BCUT2D eigenvalue weighted by molar-refractivity contribution is 5.10. The smallest absolute Gasteiger partial charge is 0.111 e. The third kappa shape index (κ3) is 2.39. The minimum absolute atomic E-state index is 0.413. The van der Waals surface area contributed by atoms with Gasteiger partial charge in [0.2, 0.25) is 0 Å². The Hall–Kier alpha value is -0.830. The molecule has 3 heterocycles. The fourth-order valence-electron chi connectivity index (χ4n) is 3.06. The minimum Gasteiger partial charge on any atom is -0.378 e. The van der Waals surface area contributed by atoms with E-state index in [0.29, 0.717) is 12.0 Å². The largest absolute Gasteiger partial charge is 0.378 e. The lowest BCUT2D eigenvalue weighted by molar-refractivity contribution is 0.0163. The maximum atomic E-state index is 5.79. The third-order valence-corrected chi connectivity index (χ3v) is 4.05. The van der Waals surface area contributed by atoms with Crippen molar-refractivity contribution in [1.82, 2.24) is 9.55 Å². The number of imidazole rings is 1. The van der Waals surface area contributed by atoms with Gasteiger partial charge in [0.25, 0.3) is 0 Å². The van der Waals surface area contributed by atoms with Crippen LogP contribution in [-0.4, -0.2) is 22.3 Å². The zero-order chi connectivity index (χ0) is 11.7. The molecule has 0 saturated carbocycles. The standard InChI is InChI=1S/C14H22N2O/c1-11-5-4-7-16-10-12(15-14(11)16)9-13-6-2-3-8-17-13/h10-11,13H,2-9H2,1H3. The van der Waals surface area contributed by atoms with E-state index in [0.717, 1.165) is 19.6 Å². The molecule has 2 aliphatic rings. The molecule has 0 bridgehead atoms. The van der Waals surface area contributed by atoms with E-state index in [1.54, 1.807) is 0 Å². The molecule has 0 amide bonds. The molecule has 17 heavy (non-hydrogen) atoms. The Kier molecular flexibility index (Phi) is 3.19. The van der Waals surface area contributed by atoms with Gasteiger partial charge >= 0.3 is 0 Å². The highest BCUT2D eigenvalue weighted by atomic mass is 16.5. The highest BCUT2D eigenvalue weighted by Crippen LogP contribution is 2.27. The van der Waals surface area contributed by atoms with Crippen LogP contribution in [0.2, 0.25) is 0 Å². The first kappa shape index (κ1) is 11.3. The van der Waals surface area contributed by atoms with E-state index in [1.807, 2.05) is 0 Å². The number of aromatic nitrogens is 2. The second-order valence-electron chi connectivity index (χ2n) is 5.52. The van der Waals surface area contributed by atoms with E-state index in [2.05, 4.69) is 17.7 Å². The average molecular weight is 234 g/mol. The van der Waals surface area contributed by atoms with Gasteiger partial charge < -0.3 is 9.30 Å². The molecular weight excluding hydrogens is 212 g/mol. The van der Waals surface area contributed by atoms with Gasteiger partial charge in [-0.25, -0.2) is 4.98 Å². The van der Waals surface area contributed by atoms with Gasteiger partial charge in [0.05, 0.1) is 11.8 Å². The van der Waals surface area contributed by atoms with E-state index in [4.69, 9.17) is 9.72 Å². The molecule has 2 unspecified atom stereocenters. The van der Waals surface area contributed by atoms with Crippen molar-refractivity contribution in [3.8, 4) is 0 Å². The van der Waals surface area contributed by atoms with E-state index >= 15 is 0 Å². The Morgan fingerprint density at radius 2 is 2.29 bits per heavy atom. The van der Waals surface area contributed by atoms with Crippen LogP contribution in [0.3, 0.4) is 0 Å². The lowest BCUT2D eigenvalue weighted by atomic mass is 10.0. The first-order valence-electron chi connectivity index (χ1n) is 7.00. The molecule has 94 valence electrons. The van der Waals surface area contributed by atoms with Gasteiger partial charge in [-0.15, -0.1) is 0 Å². The van der Waals surface area contributed by atoms with Crippen LogP contribution in [0, 0.1) is 0 Å². The second kappa shape index (κ2) is 4.81. The van der Waals surface area contributed by atoms with Gasteiger partial charge in [-0.05, 0) is 32.1 Å². The van der Waals surface area contributed by atoms with Gasteiger partial charge in [0, 0.05) is 31.7 Å². The molecule has 1 aromatic rings. The summed E-state index contributed by atoms with van der Waals surface area (Å²) in [6, 6.07) is 0. The Balaban J connectivity index is 1.71. The van der Waals surface area contributed by atoms with Crippen molar-refractivity contribution in [2.45, 2.75) is 64.0 Å². The molecule has 3 nitrogen and oxygen atoms in total. The van der Waals surface area contributed by atoms with E-state index in [1.165, 1.54) is 43.6 Å². The van der Waals surface area contributed by atoms with Gasteiger partial charge in [-0.1, -0.05) is 6.92 Å². The van der Waals surface area contributed by atoms with Gasteiger partial charge in [-0.3, -0.25) is 0 Å². The van der Waals surface area contributed by atoms with Crippen LogP contribution >= 0.6 is 0 Å². The number of ether oxygens (including phenoxy) is 1. The van der Waals surface area contributed by atoms with Crippen LogP contribution in [0.1, 0.15) is 56.5 Å². The fraction of sp³-hybridized carbons (Fsp3) is 0.786. The molecule has 0 radical (unpaired) electrons. The van der Waals surface area contributed by atoms with Crippen molar-refractivity contribution in [3.63, 3.8) is 0 Å². The molecule has 2 aliphatic heterocycles. The van der Waals surface area contributed by atoms with E-state index < -0.39 is 0 Å². The van der Waals surface area contributed by atoms with Crippen LogP contribution in [0.15, 0.2) is 6.20 Å². The van der Waals surface area contributed by atoms with Crippen LogP contribution in [0.25, 0.3) is 0 Å². The summed E-state index contributed by atoms with van der Waals surface area (Å²) in [7, 11) is 0. The first-order valence-corrected chi connectivity index (χ1v) is 7.00. The number of aryl methyl sites for hydroxylation is 1. The molecule has 3 rings (SSSR count). The van der Waals surface area contributed by atoms with Crippen LogP contribution in [0.5, 0.6) is 0 Å². The van der Waals surface area contributed by atoms with Crippen molar-refractivity contribution in [2.75, 3.05) is 6.61 Å². The Labute approximate surface area is 103 Å². The zero-order valence-electron chi connectivity index (χ0n) is 10.7. The lowest BCUT2D eigenvalue weighted by Gasteiger charge is -2.21. The third-order valence-electron chi connectivity index (χ3n) is 4.05. The number of hydrogen-bond acceptors (Lipinski definition) is 2. The topological polar surface area (TPSA) is 27.1 Å². The summed E-state index contributed by atoms with van der Waals surface area (Å²) >= 11 is 0. The molecule has 1 fully saturated rings. The quantitative estimate of drug-likeness (QED) is 0.786. The monoisotopic (exact) mass is 234 g/mol. The maximum Gasteiger partial charge on any atom is 0.111 e. The Morgan fingerprint density at radius 3 is 3.06 bits per heavy atom. The highest BCUT2D eigenvalue weighted by Gasteiger charge is 2.21. The van der Waals surface area contributed by atoms with E-state index in [-0.39, 0.29) is 0 Å². The zero-order valence-corrected chi connectivity index (χ0v) is 10.7. The fourth-order valence-corrected chi connectivity index (χ4v) is 3.06. The van der Waals surface area contributed by atoms with Gasteiger partial charge in [0.15, 0.2) is 0 Å².